The van der Waals surface area contributed by atoms with Crippen molar-refractivity contribution in [3.63, 3.8) is 0 Å². The largest absolute Gasteiger partial charge is 0.484 e. The van der Waals surface area contributed by atoms with Gasteiger partial charge in [-0.2, -0.15) is 10.4 Å². The first kappa shape index (κ1) is 14.1. The number of aromatic nitrogens is 2. The molecule has 20 heavy (non-hydrogen) atoms. The zero-order valence-electron chi connectivity index (χ0n) is 11.6. The lowest BCUT2D eigenvalue weighted by Gasteiger charge is -2.08. The molecular weight excluding hydrogens is 257 g/mol. The summed E-state index contributed by atoms with van der Waals surface area (Å²) in [5, 5.41) is 13.1. The van der Waals surface area contributed by atoms with Crippen LogP contribution in [0.2, 0.25) is 0 Å². The fourth-order valence-corrected chi connectivity index (χ4v) is 1.92. The lowest BCUT2D eigenvalue weighted by atomic mass is 10.2. The molecule has 0 unspecified atom stereocenters. The minimum Gasteiger partial charge on any atom is -0.484 e. The van der Waals surface area contributed by atoms with Crippen molar-refractivity contribution in [2.75, 3.05) is 0 Å². The fraction of sp³-hybridized carbons (Fsp3) is 0.333. The van der Waals surface area contributed by atoms with Crippen LogP contribution in [0.15, 0.2) is 24.3 Å². The van der Waals surface area contributed by atoms with Crippen molar-refractivity contribution >= 4 is 0 Å². The van der Waals surface area contributed by atoms with Crippen molar-refractivity contribution in [3.8, 4) is 11.8 Å². The van der Waals surface area contributed by atoms with E-state index in [0.29, 0.717) is 0 Å². The third-order valence-electron chi connectivity index (χ3n) is 3.01. The van der Waals surface area contributed by atoms with Gasteiger partial charge in [-0.25, -0.2) is 4.39 Å². The van der Waals surface area contributed by atoms with Crippen LogP contribution < -0.4 is 4.74 Å². The molecule has 0 bridgehead atoms. The second kappa shape index (κ2) is 6.20. The molecule has 0 saturated heterocycles. The van der Waals surface area contributed by atoms with Crippen LogP contribution in [-0.4, -0.2) is 9.78 Å². The van der Waals surface area contributed by atoms with E-state index in [1.807, 2.05) is 30.7 Å². The number of hydrogen-bond acceptors (Lipinski definition) is 3. The molecule has 0 amide bonds. The zero-order chi connectivity index (χ0) is 14.5. The molecule has 2 rings (SSSR count). The van der Waals surface area contributed by atoms with Crippen LogP contribution >= 0.6 is 0 Å². The summed E-state index contributed by atoms with van der Waals surface area (Å²) in [5.41, 5.74) is 2.18. The summed E-state index contributed by atoms with van der Waals surface area (Å²) in [6, 6.07) is 8.03. The van der Waals surface area contributed by atoms with E-state index in [9.17, 15) is 4.39 Å². The Balaban J connectivity index is 2.12. The normalized spacial score (nSPS) is 10.3. The van der Waals surface area contributed by atoms with E-state index in [1.54, 1.807) is 0 Å². The van der Waals surface area contributed by atoms with Crippen LogP contribution in [0.1, 0.15) is 30.8 Å². The smallest absolute Gasteiger partial charge is 0.166 e. The van der Waals surface area contributed by atoms with Crippen LogP contribution in [0, 0.1) is 17.1 Å². The molecule has 5 heteroatoms. The molecule has 0 aliphatic carbocycles. The standard InChI is InChI=1S/C15H16FN3O/c1-3-12-8-13(19(4-2)18-12)10-20-15-6-5-11(9-17)7-14(15)16/h5-8H,3-4,10H2,1-2H3. The number of halogens is 1. The summed E-state index contributed by atoms with van der Waals surface area (Å²) in [6.45, 7) is 5.03. The van der Waals surface area contributed by atoms with Gasteiger partial charge in [0.15, 0.2) is 11.6 Å². The molecule has 4 nitrogen and oxygen atoms in total. The Morgan fingerprint density at radius 2 is 2.15 bits per heavy atom. The van der Waals surface area contributed by atoms with Crippen LogP contribution in [-0.2, 0) is 19.6 Å². The van der Waals surface area contributed by atoms with E-state index < -0.39 is 5.82 Å². The Hall–Kier alpha value is -2.35. The Morgan fingerprint density at radius 1 is 1.35 bits per heavy atom. The number of nitrogens with zero attached hydrogens (tertiary/aromatic N) is 3. The van der Waals surface area contributed by atoms with E-state index in [-0.39, 0.29) is 17.9 Å². The molecule has 0 aliphatic heterocycles. The van der Waals surface area contributed by atoms with Gasteiger partial charge in [-0.15, -0.1) is 0 Å². The first-order valence-electron chi connectivity index (χ1n) is 6.56. The van der Waals surface area contributed by atoms with E-state index >= 15 is 0 Å². The quantitative estimate of drug-likeness (QED) is 0.841. The lowest BCUT2D eigenvalue weighted by molar-refractivity contribution is 0.278. The van der Waals surface area contributed by atoms with Gasteiger partial charge < -0.3 is 4.74 Å². The predicted octanol–water partition coefficient (Wildman–Crippen LogP) is 3.06. The maximum atomic E-state index is 13.7. The van der Waals surface area contributed by atoms with Gasteiger partial charge in [0.1, 0.15) is 6.61 Å². The first-order chi connectivity index (χ1) is 9.67. The van der Waals surface area contributed by atoms with Crippen LogP contribution in [0.5, 0.6) is 5.75 Å². The Bertz CT molecular complexity index is 643. The van der Waals surface area contributed by atoms with Crippen molar-refractivity contribution in [1.82, 2.24) is 9.78 Å². The molecule has 0 N–H and O–H groups in total. The van der Waals surface area contributed by atoms with Crippen molar-refractivity contribution in [3.05, 3.63) is 47.0 Å². The summed E-state index contributed by atoms with van der Waals surface area (Å²) < 4.78 is 21.0. The summed E-state index contributed by atoms with van der Waals surface area (Å²) in [5.74, 6) is -0.381. The molecule has 1 aromatic heterocycles. The highest BCUT2D eigenvalue weighted by Crippen LogP contribution is 2.19. The lowest BCUT2D eigenvalue weighted by Crippen LogP contribution is -2.06. The molecule has 0 fully saturated rings. The maximum absolute atomic E-state index is 13.7. The van der Waals surface area contributed by atoms with E-state index in [0.717, 1.165) is 24.4 Å². The first-order valence-corrected chi connectivity index (χ1v) is 6.56. The fourth-order valence-electron chi connectivity index (χ4n) is 1.92. The summed E-state index contributed by atoms with van der Waals surface area (Å²) in [6.07, 6.45) is 0.852. The highest BCUT2D eigenvalue weighted by Gasteiger charge is 2.09. The molecule has 1 aromatic carbocycles. The van der Waals surface area contributed by atoms with Crippen molar-refractivity contribution < 1.29 is 9.13 Å². The SMILES string of the molecule is CCc1cc(COc2ccc(C#N)cc2F)n(CC)n1. The third kappa shape index (κ3) is 2.97. The highest BCUT2D eigenvalue weighted by atomic mass is 19.1. The summed E-state index contributed by atoms with van der Waals surface area (Å²) in [4.78, 5) is 0. The van der Waals surface area contributed by atoms with Gasteiger partial charge in [0.05, 0.1) is 23.0 Å². The van der Waals surface area contributed by atoms with Gasteiger partial charge in [0, 0.05) is 6.54 Å². The van der Waals surface area contributed by atoms with E-state index in [1.165, 1.54) is 18.2 Å². The number of aryl methyl sites for hydroxylation is 2. The van der Waals surface area contributed by atoms with Crippen molar-refractivity contribution in [2.45, 2.75) is 33.4 Å². The van der Waals surface area contributed by atoms with Gasteiger partial charge in [-0.3, -0.25) is 4.68 Å². The molecule has 0 atom stereocenters. The highest BCUT2D eigenvalue weighted by molar-refractivity contribution is 5.36. The van der Waals surface area contributed by atoms with Gasteiger partial charge in [0.25, 0.3) is 0 Å². The Labute approximate surface area is 117 Å². The number of benzene rings is 1. The summed E-state index contributed by atoms with van der Waals surface area (Å²) in [7, 11) is 0. The van der Waals surface area contributed by atoms with E-state index in [4.69, 9.17) is 10.00 Å². The Morgan fingerprint density at radius 3 is 2.75 bits per heavy atom. The molecule has 0 saturated carbocycles. The maximum Gasteiger partial charge on any atom is 0.166 e. The van der Waals surface area contributed by atoms with Gasteiger partial charge >= 0.3 is 0 Å². The van der Waals surface area contributed by atoms with Crippen molar-refractivity contribution in [1.29, 1.82) is 5.26 Å². The van der Waals surface area contributed by atoms with Crippen molar-refractivity contribution in [2.24, 2.45) is 0 Å². The molecule has 0 radical (unpaired) electrons. The van der Waals surface area contributed by atoms with Crippen LogP contribution in [0.25, 0.3) is 0 Å². The van der Waals surface area contributed by atoms with Gasteiger partial charge in [-0.1, -0.05) is 6.92 Å². The number of ether oxygens (including phenoxy) is 1. The minimum absolute atomic E-state index is 0.144. The van der Waals surface area contributed by atoms with E-state index in [2.05, 4.69) is 5.10 Å². The second-order valence-electron chi connectivity index (χ2n) is 4.34. The summed E-state index contributed by atoms with van der Waals surface area (Å²) >= 11 is 0. The Kier molecular flexibility index (Phi) is 4.36. The molecule has 0 aliphatic rings. The van der Waals surface area contributed by atoms with Crippen LogP contribution in [0.3, 0.4) is 0 Å². The number of rotatable bonds is 5. The zero-order valence-corrected chi connectivity index (χ0v) is 11.6. The monoisotopic (exact) mass is 273 g/mol. The molecule has 104 valence electrons. The second-order valence-corrected chi connectivity index (χ2v) is 4.34. The minimum atomic E-state index is -0.526. The molecule has 0 spiro atoms. The number of hydrogen-bond donors (Lipinski definition) is 0. The number of nitriles is 1. The average Bonchev–Trinajstić information content (AvgIpc) is 2.88. The van der Waals surface area contributed by atoms with Gasteiger partial charge in [0.2, 0.25) is 0 Å². The predicted molar refractivity (Wildman–Crippen MR) is 72.7 cm³/mol. The molecule has 2 aromatic rings. The average molecular weight is 273 g/mol. The van der Waals surface area contributed by atoms with Gasteiger partial charge in [-0.05, 0) is 37.6 Å². The third-order valence-corrected chi connectivity index (χ3v) is 3.01. The molecule has 1 heterocycles. The topological polar surface area (TPSA) is 50.8 Å². The van der Waals surface area contributed by atoms with Crippen LogP contribution in [0.4, 0.5) is 4.39 Å². The molecular formula is C15H16FN3O.